The van der Waals surface area contributed by atoms with Crippen molar-refractivity contribution >= 4 is 43.5 Å². The number of nitrogens with zero attached hydrogens (tertiary/aromatic N) is 1. The molecule has 3 aromatic carbocycles. The molecule has 1 N–H and O–H groups in total. The molecule has 5 heteroatoms. The quantitative estimate of drug-likeness (QED) is 0.335. The van der Waals surface area contributed by atoms with Crippen molar-refractivity contribution in [1.29, 1.82) is 0 Å². The molecule has 3 nitrogen and oxygen atoms in total. The summed E-state index contributed by atoms with van der Waals surface area (Å²) in [4.78, 5) is 13.1. The first-order valence-corrected chi connectivity index (χ1v) is 12.1. The zero-order valence-corrected chi connectivity index (χ0v) is 19.3. The van der Waals surface area contributed by atoms with Gasteiger partial charge in [0.2, 0.25) is 0 Å². The lowest BCUT2D eigenvalue weighted by atomic mass is 9.54. The Balaban J connectivity index is 1.31. The van der Waals surface area contributed by atoms with Gasteiger partial charge in [0.15, 0.2) is 0 Å². The van der Waals surface area contributed by atoms with E-state index in [4.69, 9.17) is 0 Å². The number of rotatable bonds is 4. The highest BCUT2D eigenvalue weighted by Gasteiger charge is 2.48. The Bertz CT molecular complexity index is 1360. The normalized spacial score (nSPS) is 17.4. The number of amides is 1. The van der Waals surface area contributed by atoms with E-state index in [0.29, 0.717) is 28.4 Å². The summed E-state index contributed by atoms with van der Waals surface area (Å²) in [5.41, 5.74) is 2.82. The highest BCUT2D eigenvalue weighted by Crippen LogP contribution is 2.55. The average Bonchev–Trinajstić information content (AvgIpc) is 3.14. The topological polar surface area (TPSA) is 34.0 Å². The molecule has 2 aliphatic rings. The number of halogens is 2. The molecular formula is C27H24BrFN2O. The van der Waals surface area contributed by atoms with Crippen molar-refractivity contribution in [2.45, 2.75) is 44.7 Å². The van der Waals surface area contributed by atoms with Crippen LogP contribution in [0.15, 0.2) is 65.3 Å². The zero-order chi connectivity index (χ0) is 21.9. The third kappa shape index (κ3) is 3.34. The number of carbonyl (C=O) groups excluding carboxylic acids is 1. The summed E-state index contributed by atoms with van der Waals surface area (Å²) in [5, 5.41) is 6.01. The van der Waals surface area contributed by atoms with E-state index >= 15 is 0 Å². The van der Waals surface area contributed by atoms with Crippen LogP contribution in [0.2, 0.25) is 0 Å². The van der Waals surface area contributed by atoms with E-state index in [1.165, 1.54) is 25.3 Å². The van der Waals surface area contributed by atoms with Gasteiger partial charge in [0.25, 0.3) is 5.91 Å². The Morgan fingerprint density at radius 1 is 1.06 bits per heavy atom. The van der Waals surface area contributed by atoms with Crippen molar-refractivity contribution in [3.63, 3.8) is 0 Å². The van der Waals surface area contributed by atoms with E-state index in [1.54, 1.807) is 12.1 Å². The van der Waals surface area contributed by atoms with Gasteiger partial charge in [-0.3, -0.25) is 4.79 Å². The van der Waals surface area contributed by atoms with Crippen molar-refractivity contribution in [1.82, 2.24) is 9.88 Å². The van der Waals surface area contributed by atoms with Crippen molar-refractivity contribution in [3.8, 4) is 0 Å². The largest absolute Gasteiger partial charge is 0.349 e. The van der Waals surface area contributed by atoms with E-state index in [2.05, 4.69) is 51.6 Å². The molecule has 4 aromatic rings. The molecule has 0 aliphatic heterocycles. The van der Waals surface area contributed by atoms with Crippen LogP contribution in [0.5, 0.6) is 0 Å². The summed E-state index contributed by atoms with van der Waals surface area (Å²) in [6.07, 6.45) is 7.95. The lowest BCUT2D eigenvalue weighted by Crippen LogP contribution is -2.53. The summed E-state index contributed by atoms with van der Waals surface area (Å²) >= 11 is 3.52. The summed E-state index contributed by atoms with van der Waals surface area (Å²) in [5.74, 6) is -0.395. The van der Waals surface area contributed by atoms with Crippen molar-refractivity contribution < 1.29 is 9.18 Å². The Morgan fingerprint density at radius 3 is 2.62 bits per heavy atom. The summed E-state index contributed by atoms with van der Waals surface area (Å²) in [7, 11) is 0. The second-order valence-corrected chi connectivity index (χ2v) is 10.5. The monoisotopic (exact) mass is 490 g/mol. The molecule has 162 valence electrons. The molecule has 0 atom stereocenters. The average molecular weight is 491 g/mol. The molecule has 1 spiro atoms. The van der Waals surface area contributed by atoms with E-state index in [0.717, 1.165) is 33.7 Å². The maximum atomic E-state index is 14.6. The van der Waals surface area contributed by atoms with Gasteiger partial charge in [-0.1, -0.05) is 40.5 Å². The second-order valence-electron chi connectivity index (χ2n) is 9.56. The van der Waals surface area contributed by atoms with Crippen molar-refractivity contribution in [2.75, 3.05) is 0 Å². The standard InChI is InChI=1S/C27H24BrFN2O/c28-20-5-4-18-12-17(2-3-19(18)13-20)16-31-11-8-22-24(29)7-6-23(25(22)31)26(32)30-21-14-27(15-21)9-1-10-27/h2-8,11-13,21H,1,9-10,14-16H2,(H,30,32). The predicted octanol–water partition coefficient (Wildman–Crippen LogP) is 6.81. The van der Waals surface area contributed by atoms with Gasteiger partial charge < -0.3 is 9.88 Å². The highest BCUT2D eigenvalue weighted by atomic mass is 79.9. The number of hydrogen-bond donors (Lipinski definition) is 1. The Kier molecular flexibility index (Phi) is 4.65. The van der Waals surface area contributed by atoms with Crippen LogP contribution >= 0.6 is 15.9 Å². The summed E-state index contributed by atoms with van der Waals surface area (Å²) in [6.45, 7) is 0.575. The first kappa shape index (κ1) is 20.0. The van der Waals surface area contributed by atoms with Crippen LogP contribution < -0.4 is 5.32 Å². The molecular weight excluding hydrogens is 467 g/mol. The van der Waals surface area contributed by atoms with Gasteiger partial charge in [-0.2, -0.15) is 0 Å². The molecule has 32 heavy (non-hydrogen) atoms. The molecule has 0 radical (unpaired) electrons. The van der Waals surface area contributed by atoms with Crippen LogP contribution in [0.25, 0.3) is 21.7 Å². The number of carbonyl (C=O) groups is 1. The van der Waals surface area contributed by atoms with Crippen molar-refractivity contribution in [3.05, 3.63) is 82.2 Å². The number of aromatic nitrogens is 1. The molecule has 0 saturated heterocycles. The zero-order valence-electron chi connectivity index (χ0n) is 17.7. The Labute approximate surface area is 194 Å². The van der Waals surface area contributed by atoms with Gasteiger partial charge >= 0.3 is 0 Å². The minimum Gasteiger partial charge on any atom is -0.349 e. The molecule has 2 fully saturated rings. The molecule has 6 rings (SSSR count). The van der Waals surface area contributed by atoms with Crippen LogP contribution in [0.4, 0.5) is 4.39 Å². The Hall–Kier alpha value is -2.66. The van der Waals surface area contributed by atoms with Gasteiger partial charge in [0.1, 0.15) is 5.82 Å². The summed E-state index contributed by atoms with van der Waals surface area (Å²) < 4.78 is 17.6. The summed E-state index contributed by atoms with van der Waals surface area (Å²) in [6, 6.07) is 17.6. The maximum absolute atomic E-state index is 14.6. The first-order valence-electron chi connectivity index (χ1n) is 11.3. The highest BCUT2D eigenvalue weighted by molar-refractivity contribution is 9.10. The van der Waals surface area contributed by atoms with E-state index in [-0.39, 0.29) is 17.8 Å². The van der Waals surface area contributed by atoms with Crippen LogP contribution in [0.3, 0.4) is 0 Å². The van der Waals surface area contributed by atoms with Gasteiger partial charge in [-0.25, -0.2) is 4.39 Å². The smallest absolute Gasteiger partial charge is 0.253 e. The third-order valence-corrected chi connectivity index (χ3v) is 7.94. The van der Waals surface area contributed by atoms with E-state index in [9.17, 15) is 9.18 Å². The fourth-order valence-electron chi connectivity index (χ4n) is 5.60. The molecule has 0 unspecified atom stereocenters. The minimum atomic E-state index is -0.296. The van der Waals surface area contributed by atoms with Crippen LogP contribution in [0, 0.1) is 11.2 Å². The predicted molar refractivity (Wildman–Crippen MR) is 129 cm³/mol. The van der Waals surface area contributed by atoms with E-state index < -0.39 is 0 Å². The van der Waals surface area contributed by atoms with Gasteiger partial charge in [0.05, 0.1) is 11.1 Å². The molecule has 1 amide bonds. The maximum Gasteiger partial charge on any atom is 0.253 e. The Morgan fingerprint density at radius 2 is 1.84 bits per heavy atom. The number of hydrogen-bond acceptors (Lipinski definition) is 1. The first-order chi connectivity index (χ1) is 15.5. The van der Waals surface area contributed by atoms with E-state index in [1.807, 2.05) is 16.8 Å². The molecule has 0 bridgehead atoms. The van der Waals surface area contributed by atoms with Gasteiger partial charge in [-0.15, -0.1) is 0 Å². The lowest BCUT2D eigenvalue weighted by molar-refractivity contribution is -0.000603. The molecule has 2 saturated carbocycles. The minimum absolute atomic E-state index is 0.0996. The van der Waals surface area contributed by atoms with Crippen LogP contribution in [0.1, 0.15) is 48.0 Å². The SMILES string of the molecule is O=C(NC1CC2(CCC2)C1)c1ccc(F)c2ccn(Cc3ccc4cc(Br)ccc4c3)c12. The van der Waals surface area contributed by atoms with Gasteiger partial charge in [-0.05, 0) is 83.8 Å². The van der Waals surface area contributed by atoms with Crippen LogP contribution in [-0.2, 0) is 6.54 Å². The van der Waals surface area contributed by atoms with Crippen LogP contribution in [-0.4, -0.2) is 16.5 Å². The third-order valence-electron chi connectivity index (χ3n) is 7.44. The number of fused-ring (bicyclic) bond motifs is 2. The van der Waals surface area contributed by atoms with Gasteiger partial charge in [0, 0.05) is 28.6 Å². The fourth-order valence-corrected chi connectivity index (χ4v) is 5.98. The second kappa shape index (κ2) is 7.45. The molecule has 2 aliphatic carbocycles. The number of nitrogens with one attached hydrogen (secondary N) is 1. The van der Waals surface area contributed by atoms with Crippen molar-refractivity contribution in [2.24, 2.45) is 5.41 Å². The lowest BCUT2D eigenvalue weighted by Gasteiger charge is -2.54. The molecule has 1 aromatic heterocycles. The fraction of sp³-hybridized carbons (Fsp3) is 0.296. The number of benzene rings is 3. The molecule has 1 heterocycles.